The quantitative estimate of drug-likeness (QED) is 0.784. The monoisotopic (exact) mass is 275 g/mol. The van der Waals surface area contributed by atoms with Gasteiger partial charge in [0.15, 0.2) is 0 Å². The van der Waals surface area contributed by atoms with Gasteiger partial charge in [-0.05, 0) is 31.9 Å². The third-order valence-corrected chi connectivity index (χ3v) is 3.13. The Hall–Kier alpha value is -2.10. The van der Waals surface area contributed by atoms with E-state index in [2.05, 4.69) is 5.32 Å². The molecular formula is C16H21NO3. The predicted molar refractivity (Wildman–Crippen MR) is 79.3 cm³/mol. The minimum absolute atomic E-state index is 0.395. The van der Waals surface area contributed by atoms with E-state index < -0.39 is 17.4 Å². The third-order valence-electron chi connectivity index (χ3n) is 3.13. The zero-order valence-corrected chi connectivity index (χ0v) is 12.1. The second-order valence-electron chi connectivity index (χ2n) is 5.12. The molecule has 0 aliphatic carbocycles. The molecule has 0 aliphatic rings. The molecule has 0 fully saturated rings. The molecule has 0 saturated heterocycles. The van der Waals surface area contributed by atoms with Crippen LogP contribution in [0.4, 0.5) is 0 Å². The van der Waals surface area contributed by atoms with Crippen LogP contribution in [0.2, 0.25) is 0 Å². The van der Waals surface area contributed by atoms with E-state index in [9.17, 15) is 14.7 Å². The summed E-state index contributed by atoms with van der Waals surface area (Å²) in [5.41, 5.74) is 0.829. The summed E-state index contributed by atoms with van der Waals surface area (Å²) < 4.78 is 0. The highest BCUT2D eigenvalue weighted by atomic mass is 16.4. The molecular weight excluding hydrogens is 254 g/mol. The van der Waals surface area contributed by atoms with Crippen LogP contribution < -0.4 is 5.32 Å². The highest BCUT2D eigenvalue weighted by Crippen LogP contribution is 2.13. The largest absolute Gasteiger partial charge is 0.480 e. The van der Waals surface area contributed by atoms with Crippen molar-refractivity contribution in [3.63, 3.8) is 0 Å². The van der Waals surface area contributed by atoms with Gasteiger partial charge >= 0.3 is 5.97 Å². The topological polar surface area (TPSA) is 66.4 Å². The van der Waals surface area contributed by atoms with Crippen LogP contribution >= 0.6 is 0 Å². The summed E-state index contributed by atoms with van der Waals surface area (Å²) in [7, 11) is 0. The van der Waals surface area contributed by atoms with E-state index in [0.717, 1.165) is 11.1 Å². The fraction of sp³-hybridized carbons (Fsp3) is 0.375. The molecule has 1 unspecified atom stereocenters. The van der Waals surface area contributed by atoms with Crippen LogP contribution in [0.15, 0.2) is 30.3 Å². The lowest BCUT2D eigenvalue weighted by Crippen LogP contribution is -2.51. The lowest BCUT2D eigenvalue weighted by molar-refractivity contribution is -0.146. The van der Waals surface area contributed by atoms with Crippen LogP contribution in [0.25, 0.3) is 6.08 Å². The molecule has 1 atom stereocenters. The maximum atomic E-state index is 11.8. The number of aliphatic carboxylic acids is 1. The maximum Gasteiger partial charge on any atom is 0.329 e. The Kier molecular flexibility index (Phi) is 5.50. The Labute approximate surface area is 119 Å². The first kappa shape index (κ1) is 16.0. The van der Waals surface area contributed by atoms with Crippen molar-refractivity contribution >= 4 is 18.0 Å². The van der Waals surface area contributed by atoms with Gasteiger partial charge in [0.2, 0.25) is 5.91 Å². The van der Waals surface area contributed by atoms with Crippen molar-refractivity contribution < 1.29 is 14.7 Å². The smallest absolute Gasteiger partial charge is 0.329 e. The number of carboxylic acids is 1. The fourth-order valence-electron chi connectivity index (χ4n) is 1.89. The van der Waals surface area contributed by atoms with Crippen LogP contribution in [0.5, 0.6) is 0 Å². The van der Waals surface area contributed by atoms with Crippen LogP contribution in [0.1, 0.15) is 37.8 Å². The molecule has 0 saturated carbocycles. The number of hydrogen-bond acceptors (Lipinski definition) is 2. The number of nitrogens with one attached hydrogen (secondary N) is 1. The van der Waals surface area contributed by atoms with Crippen molar-refractivity contribution in [2.75, 3.05) is 0 Å². The molecule has 4 heteroatoms. The lowest BCUT2D eigenvalue weighted by Gasteiger charge is -2.24. The number of carbonyl (C=O) groups excluding carboxylic acids is 1. The Balaban J connectivity index is 2.71. The van der Waals surface area contributed by atoms with Gasteiger partial charge in [0.05, 0.1) is 0 Å². The maximum absolute atomic E-state index is 11.8. The number of hydrogen-bond donors (Lipinski definition) is 2. The van der Waals surface area contributed by atoms with Crippen LogP contribution in [0, 0.1) is 6.92 Å². The molecule has 2 N–H and O–H groups in total. The van der Waals surface area contributed by atoms with Gasteiger partial charge < -0.3 is 10.4 Å². The summed E-state index contributed by atoms with van der Waals surface area (Å²) in [4.78, 5) is 23.0. The first-order valence-corrected chi connectivity index (χ1v) is 6.67. The van der Waals surface area contributed by atoms with Crippen molar-refractivity contribution in [1.82, 2.24) is 5.32 Å². The zero-order valence-electron chi connectivity index (χ0n) is 12.1. The highest BCUT2D eigenvalue weighted by molar-refractivity contribution is 5.95. The molecule has 1 aromatic rings. The molecule has 0 aromatic heterocycles. The van der Waals surface area contributed by atoms with E-state index in [1.54, 1.807) is 6.08 Å². The molecule has 108 valence electrons. The Morgan fingerprint density at radius 3 is 2.40 bits per heavy atom. The second-order valence-corrected chi connectivity index (χ2v) is 5.12. The average Bonchev–Trinajstić information content (AvgIpc) is 2.38. The number of rotatable bonds is 6. The lowest BCUT2D eigenvalue weighted by atomic mass is 9.96. The predicted octanol–water partition coefficient (Wildman–Crippen LogP) is 2.77. The number of carbonyl (C=O) groups is 2. The first-order valence-electron chi connectivity index (χ1n) is 6.67. The molecule has 0 radical (unpaired) electrons. The van der Waals surface area contributed by atoms with E-state index in [4.69, 9.17) is 0 Å². The Morgan fingerprint density at radius 1 is 1.30 bits per heavy atom. The normalized spacial score (nSPS) is 13.9. The third kappa shape index (κ3) is 4.53. The van der Waals surface area contributed by atoms with Crippen molar-refractivity contribution in [3.8, 4) is 0 Å². The molecule has 0 aliphatic heterocycles. The minimum atomic E-state index is -1.22. The Morgan fingerprint density at radius 2 is 1.90 bits per heavy atom. The standard InChI is InChI=1S/C16H21NO3/c1-4-11-16(3,15(19)20)17-14(18)10-9-13-7-5-12(2)6-8-13/h5-10H,4,11H2,1-3H3,(H,17,18)(H,19,20)/b10-9+. The second kappa shape index (κ2) is 6.89. The summed E-state index contributed by atoms with van der Waals surface area (Å²) in [6, 6.07) is 7.72. The SMILES string of the molecule is CCCC(C)(NC(=O)/C=C/c1ccc(C)cc1)C(=O)O. The van der Waals surface area contributed by atoms with Crippen LogP contribution in [0.3, 0.4) is 0 Å². The molecule has 1 amide bonds. The molecule has 0 bridgehead atoms. The van der Waals surface area contributed by atoms with Gasteiger partial charge in [0.25, 0.3) is 0 Å². The van der Waals surface area contributed by atoms with Crippen molar-refractivity contribution in [2.45, 2.75) is 39.2 Å². The van der Waals surface area contributed by atoms with E-state index in [1.807, 2.05) is 38.1 Å². The minimum Gasteiger partial charge on any atom is -0.480 e. The van der Waals surface area contributed by atoms with Gasteiger partial charge in [-0.15, -0.1) is 0 Å². The number of aryl methyl sites for hydroxylation is 1. The summed E-state index contributed by atoms with van der Waals surface area (Å²) >= 11 is 0. The highest BCUT2D eigenvalue weighted by Gasteiger charge is 2.33. The van der Waals surface area contributed by atoms with Gasteiger partial charge in [-0.2, -0.15) is 0 Å². The molecule has 1 aromatic carbocycles. The summed E-state index contributed by atoms with van der Waals surface area (Å²) in [6.07, 6.45) is 4.11. The number of carboxylic acid groups (broad SMARTS) is 1. The van der Waals surface area contributed by atoms with Gasteiger partial charge in [0.1, 0.15) is 5.54 Å². The van der Waals surface area contributed by atoms with E-state index >= 15 is 0 Å². The van der Waals surface area contributed by atoms with Crippen molar-refractivity contribution in [3.05, 3.63) is 41.5 Å². The molecule has 0 heterocycles. The zero-order chi connectivity index (χ0) is 15.2. The van der Waals surface area contributed by atoms with Crippen LogP contribution in [-0.4, -0.2) is 22.5 Å². The van der Waals surface area contributed by atoms with E-state index in [1.165, 1.54) is 13.0 Å². The average molecular weight is 275 g/mol. The number of amides is 1. The van der Waals surface area contributed by atoms with Gasteiger partial charge in [-0.25, -0.2) is 4.79 Å². The Bertz CT molecular complexity index is 505. The summed E-state index contributed by atoms with van der Waals surface area (Å²) in [5, 5.41) is 11.7. The molecule has 20 heavy (non-hydrogen) atoms. The first-order chi connectivity index (χ1) is 9.37. The fourth-order valence-corrected chi connectivity index (χ4v) is 1.89. The molecule has 1 rings (SSSR count). The summed E-state index contributed by atoms with van der Waals surface area (Å²) in [5.74, 6) is -1.42. The van der Waals surface area contributed by atoms with Crippen LogP contribution in [-0.2, 0) is 9.59 Å². The molecule has 0 spiro atoms. The van der Waals surface area contributed by atoms with E-state index in [0.29, 0.717) is 12.8 Å². The van der Waals surface area contributed by atoms with Gasteiger partial charge in [-0.1, -0.05) is 43.2 Å². The number of benzene rings is 1. The van der Waals surface area contributed by atoms with E-state index in [-0.39, 0.29) is 0 Å². The molecule has 4 nitrogen and oxygen atoms in total. The summed E-state index contributed by atoms with van der Waals surface area (Å²) in [6.45, 7) is 5.40. The van der Waals surface area contributed by atoms with Crippen molar-refractivity contribution in [1.29, 1.82) is 0 Å². The van der Waals surface area contributed by atoms with Gasteiger partial charge in [-0.3, -0.25) is 4.79 Å². The van der Waals surface area contributed by atoms with Crippen molar-refractivity contribution in [2.24, 2.45) is 0 Å². The van der Waals surface area contributed by atoms with Gasteiger partial charge in [0, 0.05) is 6.08 Å².